The summed E-state index contributed by atoms with van der Waals surface area (Å²) in [5, 5.41) is 10.3. The van der Waals surface area contributed by atoms with Gasteiger partial charge in [0, 0.05) is 6.07 Å². The van der Waals surface area contributed by atoms with Gasteiger partial charge in [-0.25, -0.2) is 0 Å². The lowest BCUT2D eigenvalue weighted by atomic mass is 10.0. The van der Waals surface area contributed by atoms with E-state index in [1.54, 1.807) is 0 Å². The summed E-state index contributed by atoms with van der Waals surface area (Å²) in [7, 11) is 0. The minimum Gasteiger partial charge on any atom is -0.294 e. The molecule has 0 N–H and O–H groups in total. The van der Waals surface area contributed by atoms with Gasteiger partial charge in [-0.15, -0.1) is 0 Å². The Hall–Kier alpha value is -1.99. The quantitative estimate of drug-likeness (QED) is 0.351. The standard InChI is InChI=1S/C9H5F4NO3/c1-4(15)7-5(9(11,12)13)2-3-6(8(7)10)14(16)17/h2-3H,1H3. The molecule has 4 nitrogen and oxygen atoms in total. The van der Waals surface area contributed by atoms with Crippen LogP contribution in [0.15, 0.2) is 12.1 Å². The summed E-state index contributed by atoms with van der Waals surface area (Å²) in [6.45, 7) is 0.706. The number of nitro benzene ring substituents is 1. The van der Waals surface area contributed by atoms with E-state index >= 15 is 0 Å². The molecule has 0 aliphatic heterocycles. The molecule has 0 bridgehead atoms. The Morgan fingerprint density at radius 3 is 2.24 bits per heavy atom. The highest BCUT2D eigenvalue weighted by atomic mass is 19.4. The Morgan fingerprint density at radius 2 is 1.88 bits per heavy atom. The predicted molar refractivity (Wildman–Crippen MR) is 48.1 cm³/mol. The van der Waals surface area contributed by atoms with Crippen LogP contribution in [0, 0.1) is 15.9 Å². The summed E-state index contributed by atoms with van der Waals surface area (Å²) in [6.07, 6.45) is -4.95. The van der Waals surface area contributed by atoms with Crippen molar-refractivity contribution in [3.8, 4) is 0 Å². The lowest BCUT2D eigenvalue weighted by Crippen LogP contribution is -2.14. The lowest BCUT2D eigenvalue weighted by molar-refractivity contribution is -0.387. The number of halogens is 4. The number of carbonyl (C=O) groups is 1. The minimum absolute atomic E-state index is 0.317. The van der Waals surface area contributed by atoms with E-state index < -0.39 is 39.5 Å². The molecule has 0 atom stereocenters. The second kappa shape index (κ2) is 4.11. The number of nitrogens with zero attached hydrogens (tertiary/aromatic N) is 1. The predicted octanol–water partition coefficient (Wildman–Crippen LogP) is 2.96. The van der Waals surface area contributed by atoms with Crippen molar-refractivity contribution < 1.29 is 27.3 Å². The molecule has 8 heteroatoms. The lowest BCUT2D eigenvalue weighted by Gasteiger charge is -2.11. The second-order valence-electron chi connectivity index (χ2n) is 3.13. The Labute approximate surface area is 92.0 Å². The second-order valence-corrected chi connectivity index (χ2v) is 3.13. The summed E-state index contributed by atoms with van der Waals surface area (Å²) < 4.78 is 50.7. The monoisotopic (exact) mass is 251 g/mol. The van der Waals surface area contributed by atoms with E-state index in [2.05, 4.69) is 0 Å². The van der Waals surface area contributed by atoms with Gasteiger partial charge in [-0.3, -0.25) is 14.9 Å². The molecule has 0 heterocycles. The number of nitro groups is 1. The molecular formula is C9H5F4NO3. The molecule has 0 unspecified atom stereocenters. The average molecular weight is 251 g/mol. The zero-order chi connectivity index (χ0) is 13.4. The van der Waals surface area contributed by atoms with Crippen molar-refractivity contribution in [2.24, 2.45) is 0 Å². The number of ketones is 1. The molecule has 0 aromatic heterocycles. The van der Waals surface area contributed by atoms with Crippen LogP contribution in [0.4, 0.5) is 23.2 Å². The molecule has 1 rings (SSSR count). The molecule has 1 aromatic carbocycles. The molecule has 1 aromatic rings. The van der Waals surface area contributed by atoms with Crippen LogP contribution in [0.5, 0.6) is 0 Å². The van der Waals surface area contributed by atoms with Crippen LogP contribution in [0.2, 0.25) is 0 Å². The Bertz CT molecular complexity index is 496. The van der Waals surface area contributed by atoms with Gasteiger partial charge in [-0.2, -0.15) is 17.6 Å². The molecule has 0 aliphatic rings. The van der Waals surface area contributed by atoms with Gasteiger partial charge in [-0.1, -0.05) is 0 Å². The van der Waals surface area contributed by atoms with Gasteiger partial charge in [0.2, 0.25) is 5.82 Å². The molecular weight excluding hydrogens is 246 g/mol. The van der Waals surface area contributed by atoms with Crippen molar-refractivity contribution in [2.75, 3.05) is 0 Å². The molecule has 0 saturated carbocycles. The third kappa shape index (κ3) is 2.40. The fourth-order valence-electron chi connectivity index (χ4n) is 1.29. The van der Waals surface area contributed by atoms with E-state index in [4.69, 9.17) is 0 Å². The first kappa shape index (κ1) is 13.1. The number of hydrogen-bond acceptors (Lipinski definition) is 3. The maximum atomic E-state index is 13.4. The van der Waals surface area contributed by atoms with E-state index in [-0.39, 0.29) is 0 Å². The number of benzene rings is 1. The average Bonchev–Trinajstić information content (AvgIpc) is 2.14. The first-order valence-electron chi connectivity index (χ1n) is 4.21. The van der Waals surface area contributed by atoms with Crippen LogP contribution in [0.25, 0.3) is 0 Å². The summed E-state index contributed by atoms with van der Waals surface area (Å²) in [5.74, 6) is -2.99. The zero-order valence-corrected chi connectivity index (χ0v) is 8.34. The van der Waals surface area contributed by atoms with Gasteiger partial charge in [0.25, 0.3) is 0 Å². The minimum atomic E-state index is -4.95. The molecule has 0 radical (unpaired) electrons. The third-order valence-electron chi connectivity index (χ3n) is 1.98. The van der Waals surface area contributed by atoms with Gasteiger partial charge in [0.15, 0.2) is 5.78 Å². The zero-order valence-electron chi connectivity index (χ0n) is 8.34. The van der Waals surface area contributed by atoms with Crippen molar-refractivity contribution in [3.63, 3.8) is 0 Å². The summed E-state index contributed by atoms with van der Waals surface area (Å²) in [5.41, 5.74) is -4.00. The summed E-state index contributed by atoms with van der Waals surface area (Å²) >= 11 is 0. The van der Waals surface area contributed by atoms with E-state index in [9.17, 15) is 32.5 Å². The Kier molecular flexibility index (Phi) is 3.16. The topological polar surface area (TPSA) is 60.2 Å². The fourth-order valence-corrected chi connectivity index (χ4v) is 1.29. The first-order valence-corrected chi connectivity index (χ1v) is 4.21. The van der Waals surface area contributed by atoms with Gasteiger partial charge in [0.1, 0.15) is 0 Å². The smallest absolute Gasteiger partial charge is 0.294 e. The molecule has 0 amide bonds. The van der Waals surface area contributed by atoms with Crippen LogP contribution < -0.4 is 0 Å². The number of hydrogen-bond donors (Lipinski definition) is 0. The maximum absolute atomic E-state index is 13.4. The highest BCUT2D eigenvalue weighted by Crippen LogP contribution is 2.35. The molecule has 0 saturated heterocycles. The molecule has 17 heavy (non-hydrogen) atoms. The van der Waals surface area contributed by atoms with Crippen LogP contribution in [0.3, 0.4) is 0 Å². The van der Waals surface area contributed by atoms with Crippen molar-refractivity contribution >= 4 is 11.5 Å². The normalized spacial score (nSPS) is 11.4. The van der Waals surface area contributed by atoms with Crippen molar-refractivity contribution in [2.45, 2.75) is 13.1 Å². The van der Waals surface area contributed by atoms with Crippen LogP contribution in [-0.4, -0.2) is 10.7 Å². The van der Waals surface area contributed by atoms with Crippen LogP contribution in [-0.2, 0) is 6.18 Å². The number of Topliss-reactive ketones (excluding diaryl/α,β-unsaturated/α-hetero) is 1. The highest BCUT2D eigenvalue weighted by molar-refractivity contribution is 5.96. The Morgan fingerprint density at radius 1 is 1.35 bits per heavy atom. The highest BCUT2D eigenvalue weighted by Gasteiger charge is 2.38. The summed E-state index contributed by atoms with van der Waals surface area (Å²) in [6, 6.07) is 0.697. The van der Waals surface area contributed by atoms with Gasteiger partial charge in [-0.05, 0) is 13.0 Å². The van der Waals surface area contributed by atoms with E-state index in [0.717, 1.165) is 0 Å². The van der Waals surface area contributed by atoms with E-state index in [1.165, 1.54) is 0 Å². The number of rotatable bonds is 2. The van der Waals surface area contributed by atoms with E-state index in [1.807, 2.05) is 0 Å². The van der Waals surface area contributed by atoms with Gasteiger partial charge >= 0.3 is 11.9 Å². The first-order chi connectivity index (χ1) is 7.66. The van der Waals surface area contributed by atoms with Crippen molar-refractivity contribution in [1.29, 1.82) is 0 Å². The fraction of sp³-hybridized carbons (Fsp3) is 0.222. The van der Waals surface area contributed by atoms with Crippen molar-refractivity contribution in [3.05, 3.63) is 39.2 Å². The third-order valence-corrected chi connectivity index (χ3v) is 1.98. The largest absolute Gasteiger partial charge is 0.417 e. The van der Waals surface area contributed by atoms with Crippen LogP contribution >= 0.6 is 0 Å². The molecule has 92 valence electrons. The molecule has 0 aliphatic carbocycles. The van der Waals surface area contributed by atoms with Crippen LogP contribution in [0.1, 0.15) is 22.8 Å². The van der Waals surface area contributed by atoms with E-state index in [0.29, 0.717) is 19.1 Å². The SMILES string of the molecule is CC(=O)c1c(C(F)(F)F)ccc([N+](=O)[O-])c1F. The van der Waals surface area contributed by atoms with Crippen molar-refractivity contribution in [1.82, 2.24) is 0 Å². The maximum Gasteiger partial charge on any atom is 0.417 e. The summed E-state index contributed by atoms with van der Waals surface area (Å²) in [4.78, 5) is 20.1. The number of alkyl halides is 3. The molecule has 0 spiro atoms. The van der Waals surface area contributed by atoms with Gasteiger partial charge < -0.3 is 0 Å². The van der Waals surface area contributed by atoms with Gasteiger partial charge in [0.05, 0.1) is 16.1 Å². The Balaban J connectivity index is 3.63. The number of carbonyl (C=O) groups excluding carboxylic acids is 1. The molecule has 0 fully saturated rings.